The van der Waals surface area contributed by atoms with Crippen LogP contribution in [0.25, 0.3) is 0 Å². The number of amides is 2. The lowest BCUT2D eigenvalue weighted by Gasteiger charge is -2.30. The number of hydrogen-bond donors (Lipinski definition) is 1. The number of carbonyl (C=O) groups is 2. The van der Waals surface area contributed by atoms with Crippen LogP contribution in [0.2, 0.25) is 5.02 Å². The highest BCUT2D eigenvalue weighted by molar-refractivity contribution is 6.31. The van der Waals surface area contributed by atoms with Crippen molar-refractivity contribution in [3.05, 3.63) is 70.7 Å². The first kappa shape index (κ1) is 22.0. The molecule has 2 aromatic carbocycles. The van der Waals surface area contributed by atoms with Gasteiger partial charge in [-0.2, -0.15) is 0 Å². The Morgan fingerprint density at radius 2 is 1.68 bits per heavy atom. The van der Waals surface area contributed by atoms with E-state index in [1.165, 1.54) is 0 Å². The molecule has 5 heteroatoms. The van der Waals surface area contributed by atoms with E-state index in [1.54, 1.807) is 4.90 Å². The summed E-state index contributed by atoms with van der Waals surface area (Å²) in [5, 5.41) is 3.53. The highest BCUT2D eigenvalue weighted by Gasteiger charge is 2.27. The molecule has 0 aliphatic heterocycles. The molecule has 1 atom stereocenters. The molecule has 0 heterocycles. The van der Waals surface area contributed by atoms with Gasteiger partial charge < -0.3 is 10.2 Å². The number of halogens is 1. The van der Waals surface area contributed by atoms with Crippen LogP contribution in [0, 0.1) is 0 Å². The fourth-order valence-corrected chi connectivity index (χ4v) is 3.50. The molecule has 2 rings (SSSR count). The van der Waals surface area contributed by atoms with E-state index in [2.05, 4.69) is 5.32 Å². The van der Waals surface area contributed by atoms with Crippen molar-refractivity contribution < 1.29 is 9.59 Å². The van der Waals surface area contributed by atoms with Crippen LogP contribution in [0.4, 0.5) is 0 Å². The Labute approximate surface area is 172 Å². The van der Waals surface area contributed by atoms with E-state index in [9.17, 15) is 9.59 Å². The van der Waals surface area contributed by atoms with Crippen molar-refractivity contribution in [1.82, 2.24) is 10.2 Å². The molecule has 0 spiro atoms. The normalized spacial score (nSPS) is 11.7. The summed E-state index contributed by atoms with van der Waals surface area (Å²) in [5.41, 5.74) is 2.10. The number of nitrogens with zero attached hydrogens (tertiary/aromatic N) is 1. The van der Waals surface area contributed by atoms with Gasteiger partial charge in [0.15, 0.2) is 0 Å². The molecular weight excluding hydrogens is 372 g/mol. The van der Waals surface area contributed by atoms with Gasteiger partial charge in [0.2, 0.25) is 11.8 Å². The third-order valence-corrected chi connectivity index (χ3v) is 5.16. The summed E-state index contributed by atoms with van der Waals surface area (Å²) >= 11 is 6.22. The van der Waals surface area contributed by atoms with Crippen molar-refractivity contribution in [2.75, 3.05) is 13.1 Å². The van der Waals surface area contributed by atoms with Crippen LogP contribution in [0.1, 0.15) is 37.8 Å². The summed E-state index contributed by atoms with van der Waals surface area (Å²) in [4.78, 5) is 27.3. The zero-order valence-corrected chi connectivity index (χ0v) is 17.4. The Morgan fingerprint density at radius 3 is 2.32 bits per heavy atom. The lowest BCUT2D eigenvalue weighted by Crippen LogP contribution is -2.50. The molecule has 2 aromatic rings. The van der Waals surface area contributed by atoms with Gasteiger partial charge in [0, 0.05) is 24.5 Å². The number of carbonyl (C=O) groups excluding carboxylic acids is 2. The number of rotatable bonds is 10. The molecule has 28 heavy (non-hydrogen) atoms. The molecule has 0 aliphatic rings. The average Bonchev–Trinajstić information content (AvgIpc) is 2.71. The molecule has 4 nitrogen and oxygen atoms in total. The predicted octanol–water partition coefficient (Wildman–Crippen LogP) is 4.26. The SMILES string of the molecule is CCNC(=O)C(CC)N(CCc1ccccc1)C(=O)CCc1ccccc1Cl. The summed E-state index contributed by atoms with van der Waals surface area (Å²) in [6, 6.07) is 17.1. The van der Waals surface area contributed by atoms with Gasteiger partial charge in [-0.05, 0) is 43.4 Å². The average molecular weight is 401 g/mol. The first-order valence-electron chi connectivity index (χ1n) is 9.91. The Hall–Kier alpha value is -2.33. The molecule has 0 fully saturated rings. The van der Waals surface area contributed by atoms with Crippen molar-refractivity contribution in [1.29, 1.82) is 0 Å². The lowest BCUT2D eigenvalue weighted by atomic mass is 10.1. The van der Waals surface area contributed by atoms with Gasteiger partial charge in [-0.3, -0.25) is 9.59 Å². The van der Waals surface area contributed by atoms with Gasteiger partial charge in [0.25, 0.3) is 0 Å². The molecule has 150 valence electrons. The van der Waals surface area contributed by atoms with Gasteiger partial charge in [-0.15, -0.1) is 0 Å². The van der Waals surface area contributed by atoms with Crippen molar-refractivity contribution in [2.45, 2.75) is 45.6 Å². The van der Waals surface area contributed by atoms with Crippen LogP contribution in [0.15, 0.2) is 54.6 Å². The number of nitrogens with one attached hydrogen (secondary N) is 1. The second-order valence-corrected chi connectivity index (χ2v) is 7.14. The highest BCUT2D eigenvalue weighted by atomic mass is 35.5. The van der Waals surface area contributed by atoms with Crippen LogP contribution in [0.5, 0.6) is 0 Å². The molecular formula is C23H29ClN2O2. The van der Waals surface area contributed by atoms with Gasteiger partial charge in [-0.25, -0.2) is 0 Å². The molecule has 0 aliphatic carbocycles. The zero-order valence-electron chi connectivity index (χ0n) is 16.7. The fourth-order valence-electron chi connectivity index (χ4n) is 3.27. The maximum absolute atomic E-state index is 13.1. The van der Waals surface area contributed by atoms with E-state index >= 15 is 0 Å². The van der Waals surface area contributed by atoms with Gasteiger partial charge in [-0.1, -0.05) is 67.1 Å². The fraction of sp³-hybridized carbons (Fsp3) is 0.391. The van der Waals surface area contributed by atoms with Gasteiger partial charge in [0.1, 0.15) is 6.04 Å². The molecule has 0 saturated heterocycles. The van der Waals surface area contributed by atoms with Crippen LogP contribution in [-0.4, -0.2) is 35.8 Å². The summed E-state index contributed by atoms with van der Waals surface area (Å²) in [5.74, 6) is -0.113. The molecule has 0 radical (unpaired) electrons. The van der Waals surface area contributed by atoms with Crippen molar-refractivity contribution in [2.24, 2.45) is 0 Å². The predicted molar refractivity (Wildman–Crippen MR) is 114 cm³/mol. The van der Waals surface area contributed by atoms with E-state index < -0.39 is 6.04 Å². The Balaban J connectivity index is 2.11. The zero-order chi connectivity index (χ0) is 20.4. The quantitative estimate of drug-likeness (QED) is 0.647. The maximum atomic E-state index is 13.1. The molecule has 0 saturated carbocycles. The first-order chi connectivity index (χ1) is 13.6. The van der Waals surface area contributed by atoms with Crippen molar-refractivity contribution in [3.8, 4) is 0 Å². The first-order valence-corrected chi connectivity index (χ1v) is 10.3. The van der Waals surface area contributed by atoms with E-state index in [-0.39, 0.29) is 11.8 Å². The van der Waals surface area contributed by atoms with E-state index in [4.69, 9.17) is 11.6 Å². The number of likely N-dealkylation sites (N-methyl/N-ethyl adjacent to an activating group) is 1. The minimum Gasteiger partial charge on any atom is -0.355 e. The van der Waals surface area contributed by atoms with Crippen LogP contribution >= 0.6 is 11.6 Å². The minimum absolute atomic E-state index is 0.0195. The van der Waals surface area contributed by atoms with E-state index in [0.717, 1.165) is 11.1 Å². The lowest BCUT2D eigenvalue weighted by molar-refractivity contribution is -0.140. The Bertz CT molecular complexity index is 764. The minimum atomic E-state index is -0.456. The molecule has 0 bridgehead atoms. The third-order valence-electron chi connectivity index (χ3n) is 4.79. The summed E-state index contributed by atoms with van der Waals surface area (Å²) in [6.45, 7) is 4.89. The molecule has 1 unspecified atom stereocenters. The second-order valence-electron chi connectivity index (χ2n) is 6.73. The smallest absolute Gasteiger partial charge is 0.242 e. The monoisotopic (exact) mass is 400 g/mol. The van der Waals surface area contributed by atoms with Crippen LogP contribution in [-0.2, 0) is 22.4 Å². The van der Waals surface area contributed by atoms with Crippen LogP contribution in [0.3, 0.4) is 0 Å². The standard InChI is InChI=1S/C23H29ClN2O2/c1-3-21(23(28)25-4-2)26(17-16-18-10-6-5-7-11-18)22(27)15-14-19-12-8-9-13-20(19)24/h5-13,21H,3-4,14-17H2,1-2H3,(H,25,28). The molecule has 0 aromatic heterocycles. The summed E-state index contributed by atoms with van der Waals surface area (Å²) in [6.07, 6.45) is 2.19. The van der Waals surface area contributed by atoms with Crippen molar-refractivity contribution in [3.63, 3.8) is 0 Å². The number of benzene rings is 2. The van der Waals surface area contributed by atoms with E-state index in [0.29, 0.717) is 43.8 Å². The van der Waals surface area contributed by atoms with Gasteiger partial charge >= 0.3 is 0 Å². The number of hydrogen-bond acceptors (Lipinski definition) is 2. The maximum Gasteiger partial charge on any atom is 0.242 e. The second kappa shape index (κ2) is 11.5. The number of aryl methyl sites for hydroxylation is 1. The third kappa shape index (κ3) is 6.38. The summed E-state index contributed by atoms with van der Waals surface area (Å²) < 4.78 is 0. The van der Waals surface area contributed by atoms with Gasteiger partial charge in [0.05, 0.1) is 0 Å². The Morgan fingerprint density at radius 1 is 1.00 bits per heavy atom. The van der Waals surface area contributed by atoms with Crippen LogP contribution < -0.4 is 5.32 Å². The van der Waals surface area contributed by atoms with Crippen molar-refractivity contribution >= 4 is 23.4 Å². The largest absolute Gasteiger partial charge is 0.355 e. The molecule has 2 amide bonds. The topological polar surface area (TPSA) is 49.4 Å². The molecule has 1 N–H and O–H groups in total. The highest BCUT2D eigenvalue weighted by Crippen LogP contribution is 2.18. The Kier molecular flexibility index (Phi) is 9.02. The van der Waals surface area contributed by atoms with E-state index in [1.807, 2.05) is 68.4 Å². The summed E-state index contributed by atoms with van der Waals surface area (Å²) in [7, 11) is 0.